The molecule has 0 bridgehead atoms. The number of aryl methyl sites for hydroxylation is 2. The van der Waals surface area contributed by atoms with E-state index in [4.69, 9.17) is 0 Å². The van der Waals surface area contributed by atoms with Crippen molar-refractivity contribution in [2.24, 2.45) is 7.05 Å². The number of aromatic nitrogens is 4. The van der Waals surface area contributed by atoms with Crippen LogP contribution in [0, 0.1) is 13.8 Å². The Balaban J connectivity index is 1.58. The number of hydrogen-bond acceptors (Lipinski definition) is 4. The zero-order valence-electron chi connectivity index (χ0n) is 17.4. The van der Waals surface area contributed by atoms with Crippen LogP contribution in [0.1, 0.15) is 51.4 Å². The van der Waals surface area contributed by atoms with Gasteiger partial charge in [-0.1, -0.05) is 29.8 Å². The Morgan fingerprint density at radius 3 is 2.58 bits per heavy atom. The average molecular weight is 432 g/mol. The van der Waals surface area contributed by atoms with Gasteiger partial charge in [0.1, 0.15) is 5.82 Å². The molecule has 1 aliphatic heterocycles. The molecule has 31 heavy (non-hydrogen) atoms. The van der Waals surface area contributed by atoms with E-state index in [1.807, 2.05) is 38.1 Å². The summed E-state index contributed by atoms with van der Waals surface area (Å²) in [6.07, 6.45) is -3.06. The fourth-order valence-electron chi connectivity index (χ4n) is 3.69. The Morgan fingerprint density at radius 1 is 1.26 bits per heavy atom. The fraction of sp³-hybridized carbons (Fsp3) is 0.381. The molecule has 0 radical (unpaired) electrons. The predicted octanol–water partition coefficient (Wildman–Crippen LogP) is 3.82. The molecule has 0 unspecified atom stereocenters. The van der Waals surface area contributed by atoms with Crippen molar-refractivity contribution < 1.29 is 18.0 Å². The van der Waals surface area contributed by atoms with Crippen molar-refractivity contribution in [2.45, 2.75) is 45.1 Å². The van der Waals surface area contributed by atoms with E-state index in [0.29, 0.717) is 0 Å². The van der Waals surface area contributed by atoms with Crippen molar-refractivity contribution in [1.29, 1.82) is 0 Å². The number of benzene rings is 1. The lowest BCUT2D eigenvalue weighted by Crippen LogP contribution is -2.35. The molecule has 2 N–H and O–H groups in total. The van der Waals surface area contributed by atoms with Crippen molar-refractivity contribution in [3.8, 4) is 0 Å². The second-order valence-corrected chi connectivity index (χ2v) is 7.82. The summed E-state index contributed by atoms with van der Waals surface area (Å²) in [6, 6.07) is 6.37. The largest absolute Gasteiger partial charge is 0.410 e. The molecule has 0 saturated heterocycles. The number of amides is 1. The van der Waals surface area contributed by atoms with Crippen LogP contribution in [0.3, 0.4) is 0 Å². The van der Waals surface area contributed by atoms with Gasteiger partial charge < -0.3 is 10.6 Å². The summed E-state index contributed by atoms with van der Waals surface area (Å²) in [5.41, 5.74) is 3.43. The van der Waals surface area contributed by atoms with Gasteiger partial charge in [-0.2, -0.15) is 23.4 Å². The molecule has 1 aromatic carbocycles. The van der Waals surface area contributed by atoms with Crippen LogP contribution in [0.4, 0.5) is 19.0 Å². The minimum Gasteiger partial charge on any atom is -0.363 e. The molecule has 0 aliphatic carbocycles. The van der Waals surface area contributed by atoms with Crippen LogP contribution in [0.25, 0.3) is 0 Å². The van der Waals surface area contributed by atoms with E-state index in [2.05, 4.69) is 20.8 Å². The molecule has 0 fully saturated rings. The maximum Gasteiger partial charge on any atom is 0.410 e. The van der Waals surface area contributed by atoms with Crippen LogP contribution in [-0.4, -0.2) is 31.6 Å². The minimum atomic E-state index is -4.49. The normalized spacial score (nSPS) is 18.4. The number of nitrogens with zero attached hydrogens (tertiary/aromatic N) is 4. The number of halogens is 3. The van der Waals surface area contributed by atoms with Crippen LogP contribution < -0.4 is 10.6 Å². The lowest BCUT2D eigenvalue weighted by atomic mass is 9.96. The number of hydrogen-bond donors (Lipinski definition) is 2. The van der Waals surface area contributed by atoms with E-state index in [0.717, 1.165) is 27.1 Å². The van der Waals surface area contributed by atoms with Gasteiger partial charge in [-0.3, -0.25) is 9.48 Å². The van der Waals surface area contributed by atoms with E-state index >= 15 is 0 Å². The number of rotatable bonds is 4. The third-order valence-corrected chi connectivity index (χ3v) is 5.68. The molecule has 164 valence electrons. The number of alkyl halides is 3. The molecule has 4 rings (SSSR count). The van der Waals surface area contributed by atoms with Gasteiger partial charge in [0.15, 0.2) is 11.7 Å². The molecule has 1 amide bonds. The van der Waals surface area contributed by atoms with Crippen molar-refractivity contribution in [3.63, 3.8) is 0 Å². The molecule has 2 atom stereocenters. The zero-order valence-corrected chi connectivity index (χ0v) is 17.4. The number of anilines is 1. The van der Waals surface area contributed by atoms with Crippen LogP contribution >= 0.6 is 0 Å². The summed E-state index contributed by atoms with van der Waals surface area (Å²) in [4.78, 5) is 12.6. The summed E-state index contributed by atoms with van der Waals surface area (Å²) >= 11 is 0. The molecule has 3 aromatic rings. The van der Waals surface area contributed by atoms with Crippen LogP contribution in [0.5, 0.6) is 0 Å². The summed E-state index contributed by atoms with van der Waals surface area (Å²) in [7, 11) is 1.79. The number of nitrogens with one attached hydrogen (secondary N) is 2. The van der Waals surface area contributed by atoms with Crippen molar-refractivity contribution in [2.75, 3.05) is 5.32 Å². The third kappa shape index (κ3) is 4.14. The maximum atomic E-state index is 13.8. The van der Waals surface area contributed by atoms with Crippen molar-refractivity contribution in [1.82, 2.24) is 24.9 Å². The van der Waals surface area contributed by atoms with Gasteiger partial charge >= 0.3 is 6.18 Å². The van der Waals surface area contributed by atoms with E-state index in [-0.39, 0.29) is 24.5 Å². The standard InChI is InChI=1S/C21H23F3N6O/c1-12-4-6-14(7-5-12)16-8-18(21(22,23)24)30-19(27-16)9-17(28-30)20(31)25-10-15-11-26-29(3)13(15)2/h4-7,9,11,16,18,27H,8,10H2,1-3H3,(H,25,31)/t16-,18+/m1/s1. The van der Waals surface area contributed by atoms with Crippen molar-refractivity contribution in [3.05, 3.63) is 64.6 Å². The molecular weight excluding hydrogens is 409 g/mol. The van der Waals surface area contributed by atoms with Crippen molar-refractivity contribution >= 4 is 11.7 Å². The Hall–Kier alpha value is -3.30. The first kappa shape index (κ1) is 21.0. The molecule has 0 spiro atoms. The highest BCUT2D eigenvalue weighted by atomic mass is 19.4. The average Bonchev–Trinajstić information content (AvgIpc) is 3.29. The summed E-state index contributed by atoms with van der Waals surface area (Å²) in [5, 5.41) is 13.9. The van der Waals surface area contributed by atoms with Crippen LogP contribution in [0.15, 0.2) is 36.5 Å². The Kier molecular flexibility index (Phi) is 5.24. The number of fused-ring (bicyclic) bond motifs is 1. The molecule has 7 nitrogen and oxygen atoms in total. The first-order chi connectivity index (χ1) is 14.6. The molecule has 2 aromatic heterocycles. The van der Waals surface area contributed by atoms with Gasteiger partial charge in [0.25, 0.3) is 5.91 Å². The minimum absolute atomic E-state index is 0.0668. The van der Waals surface area contributed by atoms with E-state index in [9.17, 15) is 18.0 Å². The second kappa shape index (κ2) is 7.75. The first-order valence-electron chi connectivity index (χ1n) is 9.88. The molecular formula is C21H23F3N6O. The van der Waals surface area contributed by atoms with Gasteiger partial charge in [0, 0.05) is 37.3 Å². The Bertz CT molecular complexity index is 1100. The first-order valence-corrected chi connectivity index (χ1v) is 9.88. The number of carbonyl (C=O) groups excluding carboxylic acids is 1. The zero-order chi connectivity index (χ0) is 22.3. The monoisotopic (exact) mass is 432 g/mol. The topological polar surface area (TPSA) is 76.8 Å². The summed E-state index contributed by atoms with van der Waals surface area (Å²) in [5.74, 6) is -0.373. The Morgan fingerprint density at radius 2 is 1.97 bits per heavy atom. The Labute approximate surface area is 177 Å². The van der Waals surface area contributed by atoms with E-state index in [1.165, 1.54) is 6.07 Å². The van der Waals surface area contributed by atoms with Crippen LogP contribution in [0.2, 0.25) is 0 Å². The molecule has 0 saturated carbocycles. The lowest BCUT2D eigenvalue weighted by Gasteiger charge is -2.33. The van der Waals surface area contributed by atoms with Gasteiger partial charge in [0.05, 0.1) is 12.2 Å². The van der Waals surface area contributed by atoms with Gasteiger partial charge in [0.2, 0.25) is 0 Å². The molecule has 3 heterocycles. The maximum absolute atomic E-state index is 13.8. The van der Waals surface area contributed by atoms with Crippen LogP contribution in [-0.2, 0) is 13.6 Å². The van der Waals surface area contributed by atoms with Gasteiger partial charge in [-0.05, 0) is 19.4 Å². The third-order valence-electron chi connectivity index (χ3n) is 5.68. The highest BCUT2D eigenvalue weighted by Crippen LogP contribution is 2.43. The van der Waals surface area contributed by atoms with E-state index < -0.39 is 24.2 Å². The SMILES string of the molecule is Cc1ccc([C@H]2C[C@@H](C(F)(F)F)n3nc(C(=O)NCc4cnn(C)c4C)cc3N2)cc1. The smallest absolute Gasteiger partial charge is 0.363 e. The number of carbonyl (C=O) groups is 1. The lowest BCUT2D eigenvalue weighted by molar-refractivity contribution is -0.173. The highest BCUT2D eigenvalue weighted by Gasteiger charge is 2.46. The fourth-order valence-corrected chi connectivity index (χ4v) is 3.69. The predicted molar refractivity (Wildman–Crippen MR) is 109 cm³/mol. The molecule has 10 heteroatoms. The van der Waals surface area contributed by atoms with Gasteiger partial charge in [-0.25, -0.2) is 4.68 Å². The quantitative estimate of drug-likeness (QED) is 0.657. The highest BCUT2D eigenvalue weighted by molar-refractivity contribution is 5.93. The van der Waals surface area contributed by atoms with Gasteiger partial charge in [-0.15, -0.1) is 0 Å². The summed E-state index contributed by atoms with van der Waals surface area (Å²) in [6.45, 7) is 4.00. The summed E-state index contributed by atoms with van der Waals surface area (Å²) < 4.78 is 44.0. The second-order valence-electron chi connectivity index (χ2n) is 7.82. The van der Waals surface area contributed by atoms with E-state index in [1.54, 1.807) is 17.9 Å². The molecule has 1 aliphatic rings.